The van der Waals surface area contributed by atoms with Crippen LogP contribution in [-0.2, 0) is 42.9 Å². The Bertz CT molecular complexity index is 1750. The molecule has 0 spiro atoms. The summed E-state index contributed by atoms with van der Waals surface area (Å²) < 4.78 is 28.6. The van der Waals surface area contributed by atoms with Crippen molar-refractivity contribution in [2.45, 2.75) is 173 Å². The van der Waals surface area contributed by atoms with E-state index in [9.17, 15) is 54.9 Å². The van der Waals surface area contributed by atoms with Crippen LogP contribution in [0.25, 0.3) is 0 Å². The highest BCUT2D eigenvalue weighted by atomic mass is 16.7. The first kappa shape index (κ1) is 46.4. The highest BCUT2D eigenvalue weighted by Crippen LogP contribution is 2.76. The summed E-state index contributed by atoms with van der Waals surface area (Å²) in [6.45, 7) is 11.8. The van der Waals surface area contributed by atoms with E-state index in [2.05, 4.69) is 40.7 Å². The van der Waals surface area contributed by atoms with E-state index < -0.39 is 127 Å². The van der Waals surface area contributed by atoms with Crippen LogP contribution in [0.5, 0.6) is 0 Å². The lowest BCUT2D eigenvalue weighted by Gasteiger charge is -2.71. The largest absolute Gasteiger partial charge is 0.481 e. The fourth-order valence-corrected chi connectivity index (χ4v) is 13.7. The lowest BCUT2D eigenvalue weighted by Crippen LogP contribution is -2.69. The summed E-state index contributed by atoms with van der Waals surface area (Å²) in [6, 6.07) is 0. The number of carboxylic acids is 1. The van der Waals surface area contributed by atoms with E-state index in [0.717, 1.165) is 12.7 Å². The van der Waals surface area contributed by atoms with Crippen molar-refractivity contribution >= 4 is 24.2 Å². The number of carbonyl (C=O) groups is 4. The molecule has 8 N–H and O–H groups in total. The number of esters is 2. The standard InChI is InChI=1S/C44H66O17/c1-39(2)11-13-44(38(56)61-37-32(54)31(53)30(52)25(18-45)58-37)14-12-42(5)21(22(44)16-39)7-8-27-40(3)17-23(47)35(41(4,20-46)26(40)9-10-43(27,42)6)60-36-33(55)34(24(48)19-57-36)59-29(51)15-28(49)50/h7,20,22-27,30-37,45,47-48,52-55H,8-19H2,1-6H3,(H,49,50). The minimum Gasteiger partial charge on any atom is -0.481 e. The zero-order chi connectivity index (χ0) is 44.8. The minimum absolute atomic E-state index is 0.0164. The van der Waals surface area contributed by atoms with Gasteiger partial charge < -0.3 is 69.3 Å². The first-order valence-corrected chi connectivity index (χ1v) is 21.8. The van der Waals surface area contributed by atoms with Crippen molar-refractivity contribution < 1.29 is 83.7 Å². The summed E-state index contributed by atoms with van der Waals surface area (Å²) in [4.78, 5) is 51.2. The van der Waals surface area contributed by atoms with Crippen molar-refractivity contribution in [1.29, 1.82) is 0 Å². The maximum Gasteiger partial charge on any atom is 0.317 e. The Labute approximate surface area is 355 Å². The summed E-state index contributed by atoms with van der Waals surface area (Å²) in [6.07, 6.45) is -9.13. The van der Waals surface area contributed by atoms with Gasteiger partial charge in [-0.15, -0.1) is 0 Å². The van der Waals surface area contributed by atoms with Gasteiger partial charge in [-0.2, -0.15) is 0 Å². The number of carbonyl (C=O) groups excluding carboxylic acids is 3. The number of aliphatic carboxylic acids is 1. The van der Waals surface area contributed by atoms with E-state index in [4.69, 9.17) is 28.8 Å². The predicted octanol–water partition coefficient (Wildman–Crippen LogP) is 1.13. The van der Waals surface area contributed by atoms with E-state index in [1.54, 1.807) is 6.92 Å². The molecule has 6 fully saturated rings. The molecule has 0 aromatic carbocycles. The van der Waals surface area contributed by atoms with Crippen LogP contribution in [-0.4, -0.2) is 146 Å². The molecule has 19 atom stereocenters. The fraction of sp³-hybridized carbons (Fsp3) is 0.864. The number of ether oxygens (including phenoxy) is 5. The lowest BCUT2D eigenvalue weighted by atomic mass is 9.33. The highest BCUT2D eigenvalue weighted by molar-refractivity contribution is 5.90. The van der Waals surface area contributed by atoms with Gasteiger partial charge >= 0.3 is 17.9 Å². The number of rotatable bonds is 9. The van der Waals surface area contributed by atoms with Gasteiger partial charge in [-0.25, -0.2) is 0 Å². The van der Waals surface area contributed by atoms with E-state index in [-0.39, 0.29) is 35.0 Å². The number of hydrogen-bond acceptors (Lipinski definition) is 16. The Morgan fingerprint density at radius 2 is 1.51 bits per heavy atom. The third-order valence-electron chi connectivity index (χ3n) is 17.3. The lowest BCUT2D eigenvalue weighted by molar-refractivity contribution is -0.320. The van der Waals surface area contributed by atoms with Gasteiger partial charge in [0.25, 0.3) is 0 Å². The molecule has 17 heteroatoms. The second kappa shape index (κ2) is 16.1. The van der Waals surface area contributed by atoms with Gasteiger partial charge in [-0.3, -0.25) is 14.4 Å². The van der Waals surface area contributed by atoms with Crippen molar-refractivity contribution in [2.24, 2.45) is 50.2 Å². The molecule has 0 aromatic heterocycles. The Morgan fingerprint density at radius 3 is 2.16 bits per heavy atom. The number of fused-ring (bicyclic) bond motifs is 7. The molecule has 0 aromatic rings. The molecule has 0 bridgehead atoms. The van der Waals surface area contributed by atoms with Gasteiger partial charge in [0.05, 0.1) is 36.3 Å². The van der Waals surface area contributed by atoms with Crippen molar-refractivity contribution in [2.75, 3.05) is 13.2 Å². The zero-order valence-electron chi connectivity index (χ0n) is 36.0. The monoisotopic (exact) mass is 866 g/mol. The number of aliphatic hydroxyl groups excluding tert-OH is 7. The average molecular weight is 867 g/mol. The highest BCUT2D eigenvalue weighted by Gasteiger charge is 2.71. The zero-order valence-corrected chi connectivity index (χ0v) is 36.0. The molecule has 7 aliphatic rings. The van der Waals surface area contributed by atoms with Crippen LogP contribution in [0, 0.1) is 50.2 Å². The van der Waals surface area contributed by atoms with Crippen LogP contribution in [0.4, 0.5) is 0 Å². The summed E-state index contributed by atoms with van der Waals surface area (Å²) in [7, 11) is 0. The Kier molecular flexibility index (Phi) is 12.3. The molecule has 7 rings (SSSR count). The maximum atomic E-state index is 14.6. The van der Waals surface area contributed by atoms with E-state index in [0.29, 0.717) is 44.9 Å². The van der Waals surface area contributed by atoms with Crippen LogP contribution in [0.1, 0.15) is 106 Å². The van der Waals surface area contributed by atoms with Crippen molar-refractivity contribution in [3.05, 3.63) is 11.6 Å². The van der Waals surface area contributed by atoms with Crippen LogP contribution in [0.3, 0.4) is 0 Å². The molecular weight excluding hydrogens is 800 g/mol. The Hall–Kier alpha value is -2.58. The first-order chi connectivity index (χ1) is 28.4. The molecule has 2 saturated heterocycles. The molecule has 61 heavy (non-hydrogen) atoms. The van der Waals surface area contributed by atoms with Crippen molar-refractivity contribution in [3.8, 4) is 0 Å². The van der Waals surface area contributed by atoms with Gasteiger partial charge in [0.15, 0.2) is 12.4 Å². The van der Waals surface area contributed by atoms with E-state index in [1.807, 2.05) is 0 Å². The number of hydrogen-bond donors (Lipinski definition) is 8. The Balaban J connectivity index is 1.16. The van der Waals surface area contributed by atoms with Gasteiger partial charge in [0, 0.05) is 0 Å². The second-order valence-corrected chi connectivity index (χ2v) is 21.1. The second-order valence-electron chi connectivity index (χ2n) is 21.1. The van der Waals surface area contributed by atoms with Gasteiger partial charge in [-0.05, 0) is 97.2 Å². The average Bonchev–Trinajstić information content (AvgIpc) is 3.18. The number of allylic oxidation sites excluding steroid dienone is 2. The molecule has 5 aliphatic carbocycles. The van der Waals surface area contributed by atoms with Gasteiger partial charge in [0.1, 0.15) is 49.3 Å². The maximum absolute atomic E-state index is 14.6. The number of aliphatic hydroxyl groups is 7. The van der Waals surface area contributed by atoms with Crippen molar-refractivity contribution in [3.63, 3.8) is 0 Å². The summed E-state index contributed by atoms with van der Waals surface area (Å²) in [5.74, 6) is -3.69. The van der Waals surface area contributed by atoms with Gasteiger partial charge in [-0.1, -0.05) is 53.2 Å². The van der Waals surface area contributed by atoms with Crippen LogP contribution < -0.4 is 0 Å². The fourth-order valence-electron chi connectivity index (χ4n) is 13.7. The minimum atomic E-state index is -1.76. The quantitative estimate of drug-likeness (QED) is 0.0530. The number of aldehydes is 1. The molecule has 344 valence electrons. The molecule has 17 nitrogen and oxygen atoms in total. The summed E-state index contributed by atoms with van der Waals surface area (Å²) in [5, 5.41) is 84.1. The topological polar surface area (TPSA) is 276 Å². The third kappa shape index (κ3) is 7.30. The molecule has 19 unspecified atom stereocenters. The first-order valence-electron chi connectivity index (χ1n) is 21.8. The molecule has 0 amide bonds. The molecule has 0 radical (unpaired) electrons. The molecule has 2 aliphatic heterocycles. The SMILES string of the molecule is CC1(C)CCC2(C(=O)OC3OC(CO)C(O)C(O)C3O)CCC3(C)C(=CCC4C5(C)CC(O)C(OC6OCC(O)C(OC(=O)CC(=O)O)C6O)C(C)(C=O)C5CCC43C)C2C1. The Morgan fingerprint density at radius 1 is 0.820 bits per heavy atom. The van der Waals surface area contributed by atoms with Crippen molar-refractivity contribution in [1.82, 2.24) is 0 Å². The third-order valence-corrected chi connectivity index (χ3v) is 17.3. The molecular formula is C44H66O17. The number of carboxylic acid groups (broad SMARTS) is 1. The van der Waals surface area contributed by atoms with Crippen LogP contribution in [0.2, 0.25) is 0 Å². The predicted molar refractivity (Wildman–Crippen MR) is 209 cm³/mol. The normalized spacial score (nSPS) is 50.3. The van der Waals surface area contributed by atoms with E-state index in [1.165, 1.54) is 5.57 Å². The molecule has 4 saturated carbocycles. The molecule has 2 heterocycles. The van der Waals surface area contributed by atoms with Gasteiger partial charge in [0.2, 0.25) is 6.29 Å². The van der Waals surface area contributed by atoms with Crippen LogP contribution >= 0.6 is 0 Å². The smallest absolute Gasteiger partial charge is 0.317 e. The van der Waals surface area contributed by atoms with E-state index >= 15 is 0 Å². The summed E-state index contributed by atoms with van der Waals surface area (Å²) >= 11 is 0. The summed E-state index contributed by atoms with van der Waals surface area (Å²) in [5.41, 5.74) is -2.51. The van der Waals surface area contributed by atoms with Crippen LogP contribution in [0.15, 0.2) is 11.6 Å².